The maximum Gasteiger partial charge on any atom is 0.0913 e. The fourth-order valence-corrected chi connectivity index (χ4v) is 2.25. The third-order valence-electron chi connectivity index (χ3n) is 2.99. The second kappa shape index (κ2) is 2.98. The first kappa shape index (κ1) is 7.92. The second-order valence-electron chi connectivity index (χ2n) is 3.77. The number of piperazine rings is 1. The average molecular weight is 167 g/mol. The van der Waals surface area contributed by atoms with E-state index in [0.717, 1.165) is 25.0 Å². The van der Waals surface area contributed by atoms with Crippen LogP contribution in [0.15, 0.2) is 12.4 Å². The molecule has 1 atom stereocenters. The molecule has 0 bridgehead atoms. The zero-order valence-electron chi connectivity index (χ0n) is 7.50. The summed E-state index contributed by atoms with van der Waals surface area (Å²) >= 11 is 0. The van der Waals surface area contributed by atoms with Crippen molar-refractivity contribution in [1.82, 2.24) is 9.80 Å². The Morgan fingerprint density at radius 3 is 2.92 bits per heavy atom. The van der Waals surface area contributed by atoms with E-state index in [1.54, 1.807) is 0 Å². The van der Waals surface area contributed by atoms with Gasteiger partial charge in [-0.2, -0.15) is 0 Å². The van der Waals surface area contributed by atoms with Gasteiger partial charge in [0.1, 0.15) is 0 Å². The van der Waals surface area contributed by atoms with Crippen LogP contribution in [0.1, 0.15) is 12.8 Å². The van der Waals surface area contributed by atoms with Gasteiger partial charge in [-0.3, -0.25) is 4.90 Å². The molecule has 0 aromatic carbocycles. The predicted molar refractivity (Wildman–Crippen MR) is 49.5 cm³/mol. The molecule has 2 heterocycles. The molecule has 0 radical (unpaired) electrons. The van der Waals surface area contributed by atoms with E-state index in [1.165, 1.54) is 25.9 Å². The van der Waals surface area contributed by atoms with Gasteiger partial charge in [0.25, 0.3) is 0 Å². The molecule has 0 saturated carbocycles. The van der Waals surface area contributed by atoms with Gasteiger partial charge in [0.15, 0.2) is 0 Å². The molecule has 0 unspecified atom stereocenters. The molecule has 68 valence electrons. The van der Waals surface area contributed by atoms with Gasteiger partial charge in [-0.15, -0.1) is 0 Å². The number of rotatable bonds is 1. The maximum absolute atomic E-state index is 5.66. The lowest BCUT2D eigenvalue weighted by molar-refractivity contribution is 0.128. The lowest BCUT2D eigenvalue weighted by Crippen LogP contribution is -2.50. The van der Waals surface area contributed by atoms with E-state index in [4.69, 9.17) is 5.73 Å². The summed E-state index contributed by atoms with van der Waals surface area (Å²) in [7, 11) is 0. The monoisotopic (exact) mass is 167 g/mol. The first-order chi connectivity index (χ1) is 5.77. The van der Waals surface area contributed by atoms with Crippen molar-refractivity contribution in [2.45, 2.75) is 18.9 Å². The molecule has 0 spiro atoms. The van der Waals surface area contributed by atoms with Crippen molar-refractivity contribution >= 4 is 0 Å². The van der Waals surface area contributed by atoms with Crippen LogP contribution in [0.25, 0.3) is 0 Å². The van der Waals surface area contributed by atoms with Crippen LogP contribution in [0.3, 0.4) is 0 Å². The lowest BCUT2D eigenvalue weighted by Gasteiger charge is -2.38. The SMILES string of the molecule is C=C(N)N1CCN2CCC[C@H]2C1. The van der Waals surface area contributed by atoms with E-state index in [1.807, 2.05) is 0 Å². The van der Waals surface area contributed by atoms with Crippen LogP contribution in [0.5, 0.6) is 0 Å². The molecular weight excluding hydrogens is 150 g/mol. The average Bonchev–Trinajstić information content (AvgIpc) is 2.49. The minimum absolute atomic E-state index is 0.738. The zero-order valence-corrected chi connectivity index (χ0v) is 7.50. The number of fused-ring (bicyclic) bond motifs is 1. The summed E-state index contributed by atoms with van der Waals surface area (Å²) in [5.74, 6) is 0.738. The van der Waals surface area contributed by atoms with E-state index in [9.17, 15) is 0 Å². The minimum atomic E-state index is 0.738. The molecule has 2 saturated heterocycles. The minimum Gasteiger partial charge on any atom is -0.386 e. The molecule has 0 aromatic heterocycles. The van der Waals surface area contributed by atoms with Crippen molar-refractivity contribution in [1.29, 1.82) is 0 Å². The Morgan fingerprint density at radius 1 is 1.33 bits per heavy atom. The third kappa shape index (κ3) is 1.29. The highest BCUT2D eigenvalue weighted by Gasteiger charge is 2.30. The van der Waals surface area contributed by atoms with E-state index >= 15 is 0 Å². The van der Waals surface area contributed by atoms with Crippen LogP contribution in [0.4, 0.5) is 0 Å². The Hall–Kier alpha value is -0.700. The normalized spacial score (nSPS) is 30.3. The first-order valence-corrected chi connectivity index (χ1v) is 4.71. The van der Waals surface area contributed by atoms with E-state index in [-0.39, 0.29) is 0 Å². The fourth-order valence-electron chi connectivity index (χ4n) is 2.25. The van der Waals surface area contributed by atoms with Crippen LogP contribution >= 0.6 is 0 Å². The van der Waals surface area contributed by atoms with Gasteiger partial charge in [-0.1, -0.05) is 6.58 Å². The highest BCUT2D eigenvalue weighted by Crippen LogP contribution is 2.21. The lowest BCUT2D eigenvalue weighted by atomic mass is 10.1. The van der Waals surface area contributed by atoms with E-state index < -0.39 is 0 Å². The van der Waals surface area contributed by atoms with Crippen molar-refractivity contribution in [3.63, 3.8) is 0 Å². The Bertz CT molecular complexity index is 190. The predicted octanol–water partition coefficient (Wildman–Crippen LogP) is 0.196. The maximum atomic E-state index is 5.66. The van der Waals surface area contributed by atoms with E-state index in [2.05, 4.69) is 16.4 Å². The van der Waals surface area contributed by atoms with Crippen molar-refractivity contribution in [3.05, 3.63) is 12.4 Å². The van der Waals surface area contributed by atoms with Crippen molar-refractivity contribution in [3.8, 4) is 0 Å². The zero-order chi connectivity index (χ0) is 8.55. The highest BCUT2D eigenvalue weighted by atomic mass is 15.3. The summed E-state index contributed by atoms with van der Waals surface area (Å²) in [6.07, 6.45) is 2.69. The van der Waals surface area contributed by atoms with Gasteiger partial charge >= 0.3 is 0 Å². The van der Waals surface area contributed by atoms with Crippen LogP contribution in [-0.4, -0.2) is 42.0 Å². The molecule has 2 rings (SSSR count). The van der Waals surface area contributed by atoms with Crippen molar-refractivity contribution < 1.29 is 0 Å². The quantitative estimate of drug-likeness (QED) is 0.605. The smallest absolute Gasteiger partial charge is 0.0913 e. The van der Waals surface area contributed by atoms with Gasteiger partial charge in [0, 0.05) is 25.7 Å². The Labute approximate surface area is 73.8 Å². The number of nitrogens with zero attached hydrogens (tertiary/aromatic N) is 2. The molecule has 0 aromatic rings. The number of hydrogen-bond acceptors (Lipinski definition) is 3. The molecule has 2 aliphatic rings. The number of hydrogen-bond donors (Lipinski definition) is 1. The molecule has 12 heavy (non-hydrogen) atoms. The summed E-state index contributed by atoms with van der Waals surface area (Å²) in [6, 6.07) is 0.749. The van der Waals surface area contributed by atoms with Crippen molar-refractivity contribution in [2.24, 2.45) is 5.73 Å². The van der Waals surface area contributed by atoms with Gasteiger partial charge in [-0.05, 0) is 19.4 Å². The Kier molecular flexibility index (Phi) is 1.97. The standard InChI is InChI=1S/C9H17N3/c1-8(10)12-6-5-11-4-2-3-9(11)7-12/h9H,1-7,10H2/t9-/m0/s1. The second-order valence-corrected chi connectivity index (χ2v) is 3.77. The van der Waals surface area contributed by atoms with E-state index in [0.29, 0.717) is 0 Å². The first-order valence-electron chi connectivity index (χ1n) is 4.71. The molecule has 2 fully saturated rings. The summed E-state index contributed by atoms with van der Waals surface area (Å²) < 4.78 is 0. The molecule has 0 aliphatic carbocycles. The number of nitrogens with two attached hydrogens (primary N) is 1. The largest absolute Gasteiger partial charge is 0.386 e. The van der Waals surface area contributed by atoms with Crippen LogP contribution in [0, 0.1) is 0 Å². The van der Waals surface area contributed by atoms with Crippen LogP contribution in [0.2, 0.25) is 0 Å². The molecule has 2 aliphatic heterocycles. The summed E-state index contributed by atoms with van der Waals surface area (Å²) in [6.45, 7) is 8.39. The molecular formula is C9H17N3. The fraction of sp³-hybridized carbons (Fsp3) is 0.778. The van der Waals surface area contributed by atoms with Crippen LogP contribution < -0.4 is 5.73 Å². The van der Waals surface area contributed by atoms with Crippen LogP contribution in [-0.2, 0) is 0 Å². The summed E-state index contributed by atoms with van der Waals surface area (Å²) in [4.78, 5) is 4.77. The van der Waals surface area contributed by atoms with Gasteiger partial charge < -0.3 is 10.6 Å². The summed E-state index contributed by atoms with van der Waals surface area (Å²) in [5, 5.41) is 0. The summed E-state index contributed by atoms with van der Waals surface area (Å²) in [5.41, 5.74) is 5.66. The Morgan fingerprint density at radius 2 is 2.17 bits per heavy atom. The van der Waals surface area contributed by atoms with Gasteiger partial charge in [0.05, 0.1) is 5.82 Å². The molecule has 0 amide bonds. The van der Waals surface area contributed by atoms with Crippen molar-refractivity contribution in [2.75, 3.05) is 26.2 Å². The Balaban J connectivity index is 1.96. The molecule has 2 N–H and O–H groups in total. The molecule has 3 nitrogen and oxygen atoms in total. The van der Waals surface area contributed by atoms with Gasteiger partial charge in [0.2, 0.25) is 0 Å². The van der Waals surface area contributed by atoms with Gasteiger partial charge in [-0.25, -0.2) is 0 Å². The topological polar surface area (TPSA) is 32.5 Å². The molecule has 3 heteroatoms. The third-order valence-corrected chi connectivity index (χ3v) is 2.99. The highest BCUT2D eigenvalue weighted by molar-refractivity contribution is 4.95.